The van der Waals surface area contributed by atoms with Crippen molar-refractivity contribution in [3.8, 4) is 0 Å². The zero-order valence-electron chi connectivity index (χ0n) is 15.5. The average molecular weight is 360 g/mol. The summed E-state index contributed by atoms with van der Waals surface area (Å²) in [6, 6.07) is 10.4. The van der Waals surface area contributed by atoms with Crippen molar-refractivity contribution >= 4 is 23.0 Å². The molecule has 0 fully saturated rings. The Bertz CT molecular complexity index is 638. The molecule has 0 saturated heterocycles. The first-order valence-corrected chi connectivity index (χ1v) is 9.76. The van der Waals surface area contributed by atoms with E-state index < -0.39 is 0 Å². The van der Waals surface area contributed by atoms with Crippen molar-refractivity contribution in [1.29, 1.82) is 0 Å². The van der Waals surface area contributed by atoms with Gasteiger partial charge in [-0.25, -0.2) is 4.98 Å². The second-order valence-corrected chi connectivity index (χ2v) is 6.97. The first-order chi connectivity index (χ1) is 12.2. The predicted octanol–water partition coefficient (Wildman–Crippen LogP) is 2.94. The van der Waals surface area contributed by atoms with Crippen LogP contribution in [0.25, 0.3) is 0 Å². The molecular weight excluding hydrogens is 330 g/mol. The van der Waals surface area contributed by atoms with E-state index in [0.29, 0.717) is 0 Å². The first kappa shape index (κ1) is 19.2. The number of nitrogens with zero attached hydrogens (tertiary/aromatic N) is 3. The molecule has 25 heavy (non-hydrogen) atoms. The zero-order valence-corrected chi connectivity index (χ0v) is 16.3. The summed E-state index contributed by atoms with van der Waals surface area (Å²) >= 11 is 1.79. The van der Waals surface area contributed by atoms with E-state index in [1.807, 2.05) is 12.3 Å². The Labute approximate surface area is 155 Å². The van der Waals surface area contributed by atoms with E-state index in [1.165, 1.54) is 15.6 Å². The second kappa shape index (κ2) is 10.7. The van der Waals surface area contributed by atoms with E-state index in [1.54, 1.807) is 11.3 Å². The molecule has 0 atom stereocenters. The molecule has 0 amide bonds. The molecule has 0 aliphatic rings. The van der Waals surface area contributed by atoms with Gasteiger partial charge < -0.3 is 15.5 Å². The maximum absolute atomic E-state index is 4.66. The minimum absolute atomic E-state index is 0.751. The van der Waals surface area contributed by atoms with Gasteiger partial charge in [0.15, 0.2) is 5.96 Å². The maximum atomic E-state index is 4.66. The van der Waals surface area contributed by atoms with E-state index in [2.05, 4.69) is 70.7 Å². The fraction of sp³-hybridized carbons (Fsp3) is 0.474. The molecule has 2 rings (SSSR count). The number of hydrogen-bond acceptors (Lipinski definition) is 4. The predicted molar refractivity (Wildman–Crippen MR) is 109 cm³/mol. The van der Waals surface area contributed by atoms with Crippen molar-refractivity contribution in [2.45, 2.75) is 26.7 Å². The van der Waals surface area contributed by atoms with Gasteiger partial charge in [-0.15, -0.1) is 11.3 Å². The highest BCUT2D eigenvalue weighted by atomic mass is 32.1. The Balaban J connectivity index is 1.77. The molecule has 0 radical (unpaired) electrons. The third kappa shape index (κ3) is 6.74. The normalized spacial score (nSPS) is 11.4. The Morgan fingerprint density at radius 3 is 2.68 bits per heavy atom. The lowest BCUT2D eigenvalue weighted by Crippen LogP contribution is -2.41. The molecule has 0 aliphatic heterocycles. The van der Waals surface area contributed by atoms with Gasteiger partial charge in [0.1, 0.15) is 0 Å². The van der Waals surface area contributed by atoms with Gasteiger partial charge in [0.2, 0.25) is 0 Å². The summed E-state index contributed by atoms with van der Waals surface area (Å²) < 4.78 is 0. The van der Waals surface area contributed by atoms with Gasteiger partial charge in [-0.05, 0) is 25.5 Å². The number of thiazole rings is 1. The van der Waals surface area contributed by atoms with Gasteiger partial charge in [0, 0.05) is 56.4 Å². The van der Waals surface area contributed by atoms with Crippen molar-refractivity contribution in [3.63, 3.8) is 0 Å². The van der Waals surface area contributed by atoms with Crippen LogP contribution in [0.15, 0.2) is 41.5 Å². The molecular formula is C19H29N5S. The number of aryl methyl sites for hydroxylation is 1. The van der Waals surface area contributed by atoms with Crippen LogP contribution in [0.5, 0.6) is 0 Å². The van der Waals surface area contributed by atoms with E-state index >= 15 is 0 Å². The van der Waals surface area contributed by atoms with Gasteiger partial charge in [0.25, 0.3) is 0 Å². The van der Waals surface area contributed by atoms with Gasteiger partial charge in [-0.2, -0.15) is 0 Å². The minimum atomic E-state index is 0.751. The number of benzene rings is 1. The molecule has 0 unspecified atom stereocenters. The highest BCUT2D eigenvalue weighted by Crippen LogP contribution is 2.13. The molecule has 2 aromatic rings. The van der Waals surface area contributed by atoms with Crippen LogP contribution >= 0.6 is 11.3 Å². The highest BCUT2D eigenvalue weighted by molar-refractivity contribution is 7.11. The van der Waals surface area contributed by atoms with Gasteiger partial charge in [-0.3, -0.25) is 4.99 Å². The molecule has 0 bridgehead atoms. The molecule has 1 heterocycles. The highest BCUT2D eigenvalue weighted by Gasteiger charge is 2.03. The zero-order chi connectivity index (χ0) is 17.9. The lowest BCUT2D eigenvalue weighted by atomic mass is 10.3. The topological polar surface area (TPSA) is 52.6 Å². The lowest BCUT2D eigenvalue weighted by Gasteiger charge is -2.20. The summed E-state index contributed by atoms with van der Waals surface area (Å²) in [7, 11) is 2.11. The summed E-state index contributed by atoms with van der Waals surface area (Å²) in [4.78, 5) is 12.7. The van der Waals surface area contributed by atoms with Crippen molar-refractivity contribution in [2.24, 2.45) is 4.99 Å². The molecule has 5 nitrogen and oxygen atoms in total. The first-order valence-electron chi connectivity index (χ1n) is 8.94. The number of aliphatic imine (C=N–C) groups is 1. The standard InChI is InChI=1S/C19H29N5S/c1-4-17-15-23-18(25-17)11-12-21-19(20-5-2)22-13-14-24(3)16-9-7-6-8-10-16/h6-10,15H,4-5,11-14H2,1-3H3,(H2,20,21,22). The van der Waals surface area contributed by atoms with E-state index in [9.17, 15) is 0 Å². The minimum Gasteiger partial charge on any atom is -0.373 e. The molecule has 0 spiro atoms. The average Bonchev–Trinajstić information content (AvgIpc) is 3.10. The number of hydrogen-bond donors (Lipinski definition) is 2. The second-order valence-electron chi connectivity index (χ2n) is 5.77. The van der Waals surface area contributed by atoms with E-state index in [-0.39, 0.29) is 0 Å². The number of rotatable bonds is 9. The number of likely N-dealkylation sites (N-methyl/N-ethyl adjacent to an activating group) is 1. The van der Waals surface area contributed by atoms with Crippen molar-refractivity contribution in [3.05, 3.63) is 46.4 Å². The lowest BCUT2D eigenvalue weighted by molar-refractivity contribution is 0.778. The number of aromatic nitrogens is 1. The molecule has 6 heteroatoms. The molecule has 0 saturated carbocycles. The van der Waals surface area contributed by atoms with E-state index in [4.69, 9.17) is 0 Å². The van der Waals surface area contributed by atoms with Gasteiger partial charge >= 0.3 is 0 Å². The molecule has 0 aliphatic carbocycles. The fourth-order valence-electron chi connectivity index (χ4n) is 2.39. The van der Waals surface area contributed by atoms with Crippen molar-refractivity contribution < 1.29 is 0 Å². The van der Waals surface area contributed by atoms with E-state index in [0.717, 1.165) is 45.0 Å². The van der Waals surface area contributed by atoms with Crippen LogP contribution in [0.3, 0.4) is 0 Å². The van der Waals surface area contributed by atoms with Crippen LogP contribution in [0.4, 0.5) is 5.69 Å². The molecule has 2 N–H and O–H groups in total. The maximum Gasteiger partial charge on any atom is 0.191 e. The Morgan fingerprint density at radius 2 is 2.00 bits per heavy atom. The SMILES string of the molecule is CCNC(=NCCc1ncc(CC)s1)NCCN(C)c1ccccc1. The third-order valence-corrected chi connectivity index (χ3v) is 5.03. The van der Waals surface area contributed by atoms with Crippen LogP contribution in [-0.4, -0.2) is 44.2 Å². The molecule has 136 valence electrons. The quantitative estimate of drug-likeness (QED) is 0.534. The smallest absolute Gasteiger partial charge is 0.191 e. The van der Waals surface area contributed by atoms with Crippen LogP contribution in [0, 0.1) is 0 Å². The number of anilines is 1. The van der Waals surface area contributed by atoms with Crippen molar-refractivity contribution in [2.75, 3.05) is 38.1 Å². The summed E-state index contributed by atoms with van der Waals surface area (Å²) in [6.45, 7) is 7.62. The van der Waals surface area contributed by atoms with Crippen molar-refractivity contribution in [1.82, 2.24) is 15.6 Å². The monoisotopic (exact) mass is 359 g/mol. The number of para-hydroxylation sites is 1. The summed E-state index contributed by atoms with van der Waals surface area (Å²) in [5.74, 6) is 0.872. The molecule has 1 aromatic carbocycles. The van der Waals surface area contributed by atoms with Gasteiger partial charge in [0.05, 0.1) is 5.01 Å². The third-order valence-electron chi connectivity index (χ3n) is 3.83. The van der Waals surface area contributed by atoms with Gasteiger partial charge in [-0.1, -0.05) is 25.1 Å². The summed E-state index contributed by atoms with van der Waals surface area (Å²) in [5.41, 5.74) is 1.22. The van der Waals surface area contributed by atoms with Crippen LogP contribution in [-0.2, 0) is 12.8 Å². The largest absolute Gasteiger partial charge is 0.373 e. The summed E-state index contributed by atoms with van der Waals surface area (Å²) in [5, 5.41) is 7.87. The number of nitrogens with one attached hydrogen (secondary N) is 2. The van der Waals surface area contributed by atoms with Crippen LogP contribution < -0.4 is 15.5 Å². The number of guanidine groups is 1. The Kier molecular flexibility index (Phi) is 8.25. The summed E-state index contributed by atoms with van der Waals surface area (Å²) in [6.07, 6.45) is 3.93. The Hall–Kier alpha value is -2.08. The van der Waals surface area contributed by atoms with Crippen LogP contribution in [0.2, 0.25) is 0 Å². The van der Waals surface area contributed by atoms with Crippen LogP contribution in [0.1, 0.15) is 23.7 Å². The Morgan fingerprint density at radius 1 is 1.20 bits per heavy atom. The fourth-order valence-corrected chi connectivity index (χ4v) is 3.24. The molecule has 1 aromatic heterocycles.